The average Bonchev–Trinajstić information content (AvgIpc) is 3.18. The molecule has 2 unspecified atom stereocenters. The fraction of sp³-hybridized carbons (Fsp3) is 0.219. The Kier molecular flexibility index (Phi) is 6.62. The summed E-state index contributed by atoms with van der Waals surface area (Å²) < 4.78 is 5.32. The molecule has 0 radical (unpaired) electrons. The molecule has 3 aromatic rings. The molecule has 1 heterocycles. The number of methoxy groups -OCH3 is 1. The van der Waals surface area contributed by atoms with Gasteiger partial charge in [0.2, 0.25) is 0 Å². The van der Waals surface area contributed by atoms with Crippen LogP contribution in [0.3, 0.4) is 0 Å². The van der Waals surface area contributed by atoms with Crippen LogP contribution in [0, 0.1) is 5.92 Å². The van der Waals surface area contributed by atoms with Crippen molar-refractivity contribution in [3.05, 3.63) is 124 Å². The van der Waals surface area contributed by atoms with E-state index in [-0.39, 0.29) is 30.2 Å². The minimum atomic E-state index is -0.620. The van der Waals surface area contributed by atoms with Crippen molar-refractivity contribution < 1.29 is 19.1 Å². The number of amides is 2. The van der Waals surface area contributed by atoms with Gasteiger partial charge in [-0.15, -0.1) is 0 Å². The van der Waals surface area contributed by atoms with E-state index >= 15 is 0 Å². The van der Waals surface area contributed by atoms with Gasteiger partial charge >= 0.3 is 5.97 Å². The number of fused-ring (bicyclic) bond motifs is 1. The van der Waals surface area contributed by atoms with Crippen molar-refractivity contribution in [2.24, 2.45) is 5.92 Å². The molecule has 0 N–H and O–H groups in total. The molecule has 2 aliphatic rings. The van der Waals surface area contributed by atoms with Crippen LogP contribution in [-0.4, -0.2) is 36.3 Å². The zero-order valence-corrected chi connectivity index (χ0v) is 21.2. The van der Waals surface area contributed by atoms with Gasteiger partial charge in [0.05, 0.1) is 30.7 Å². The summed E-state index contributed by atoms with van der Waals surface area (Å²) in [6, 6.07) is 26.5. The van der Waals surface area contributed by atoms with Crippen LogP contribution in [0.25, 0.3) is 5.57 Å². The maximum atomic E-state index is 13.4. The van der Waals surface area contributed by atoms with Crippen molar-refractivity contribution in [1.29, 1.82) is 0 Å². The normalized spacial score (nSPS) is 18.2. The minimum absolute atomic E-state index is 0.103. The zero-order chi connectivity index (χ0) is 26.1. The summed E-state index contributed by atoms with van der Waals surface area (Å²) in [5.41, 5.74) is 6.84. The Morgan fingerprint density at radius 1 is 0.865 bits per heavy atom. The summed E-state index contributed by atoms with van der Waals surface area (Å²) in [6.45, 7) is 4.23. The van der Waals surface area contributed by atoms with Crippen LogP contribution >= 0.6 is 0 Å². The molecule has 0 bridgehead atoms. The smallest absolute Gasteiger partial charge is 0.314 e. The van der Waals surface area contributed by atoms with Gasteiger partial charge in [-0.3, -0.25) is 19.3 Å². The molecule has 0 aromatic heterocycles. The fourth-order valence-corrected chi connectivity index (χ4v) is 5.61. The third kappa shape index (κ3) is 4.31. The van der Waals surface area contributed by atoms with Gasteiger partial charge in [0, 0.05) is 5.92 Å². The van der Waals surface area contributed by atoms with Gasteiger partial charge < -0.3 is 4.74 Å². The number of carbonyl (C=O) groups is 3. The minimum Gasteiger partial charge on any atom is -0.469 e. The van der Waals surface area contributed by atoms with Crippen LogP contribution in [0.2, 0.25) is 0 Å². The molecule has 5 rings (SSSR count). The lowest BCUT2D eigenvalue weighted by Crippen LogP contribution is -2.37. The highest BCUT2D eigenvalue weighted by Gasteiger charge is 2.42. The average molecular weight is 492 g/mol. The first kappa shape index (κ1) is 24.4. The molecule has 0 spiro atoms. The van der Waals surface area contributed by atoms with Crippen LogP contribution in [0.5, 0.6) is 0 Å². The van der Waals surface area contributed by atoms with E-state index in [1.165, 1.54) is 17.6 Å². The first-order valence-corrected chi connectivity index (χ1v) is 12.4. The van der Waals surface area contributed by atoms with E-state index in [1.807, 2.05) is 67.6 Å². The first-order chi connectivity index (χ1) is 17.9. The number of hydrogen-bond donors (Lipinski definition) is 0. The number of allylic oxidation sites excluding steroid dienone is 3. The molecular formula is C32H29NO4. The number of ether oxygens (including phenoxy) is 1. The van der Waals surface area contributed by atoms with Gasteiger partial charge in [-0.1, -0.05) is 83.9 Å². The van der Waals surface area contributed by atoms with Crippen LogP contribution in [0.1, 0.15) is 58.0 Å². The van der Waals surface area contributed by atoms with Crippen LogP contribution in [-0.2, 0) is 9.53 Å². The molecule has 0 saturated heterocycles. The van der Waals surface area contributed by atoms with Gasteiger partial charge in [0.15, 0.2) is 0 Å². The molecule has 2 amide bonds. The van der Waals surface area contributed by atoms with E-state index in [0.717, 1.165) is 27.8 Å². The van der Waals surface area contributed by atoms with Crippen molar-refractivity contribution >= 4 is 23.4 Å². The van der Waals surface area contributed by atoms with Crippen molar-refractivity contribution in [2.75, 3.05) is 13.7 Å². The maximum Gasteiger partial charge on any atom is 0.314 e. The lowest BCUT2D eigenvalue weighted by atomic mass is 9.69. The quantitative estimate of drug-likeness (QED) is 0.239. The van der Waals surface area contributed by atoms with E-state index in [0.29, 0.717) is 17.5 Å². The van der Waals surface area contributed by atoms with Crippen molar-refractivity contribution in [3.8, 4) is 0 Å². The highest BCUT2D eigenvalue weighted by Crippen LogP contribution is 2.47. The van der Waals surface area contributed by atoms with Crippen molar-refractivity contribution in [1.82, 2.24) is 4.90 Å². The third-order valence-corrected chi connectivity index (χ3v) is 7.62. The summed E-state index contributed by atoms with van der Waals surface area (Å²) >= 11 is 0. The lowest BCUT2D eigenvalue weighted by Gasteiger charge is -2.37. The summed E-state index contributed by atoms with van der Waals surface area (Å²) in [5.74, 6) is -1.96. The van der Waals surface area contributed by atoms with Gasteiger partial charge in [-0.25, -0.2) is 0 Å². The molecule has 3 aromatic carbocycles. The van der Waals surface area contributed by atoms with E-state index in [9.17, 15) is 14.4 Å². The van der Waals surface area contributed by atoms with Gasteiger partial charge in [0.1, 0.15) is 0 Å². The number of benzene rings is 3. The van der Waals surface area contributed by atoms with Crippen molar-refractivity contribution in [2.45, 2.75) is 26.2 Å². The fourth-order valence-electron chi connectivity index (χ4n) is 5.61. The van der Waals surface area contributed by atoms with E-state index in [1.54, 1.807) is 24.3 Å². The van der Waals surface area contributed by atoms with Gasteiger partial charge in [0.25, 0.3) is 11.8 Å². The number of esters is 1. The summed E-state index contributed by atoms with van der Waals surface area (Å²) in [5, 5.41) is 0. The highest BCUT2D eigenvalue weighted by molar-refractivity contribution is 6.21. The van der Waals surface area contributed by atoms with Crippen molar-refractivity contribution in [3.63, 3.8) is 0 Å². The first-order valence-electron chi connectivity index (χ1n) is 12.4. The predicted octanol–water partition coefficient (Wildman–Crippen LogP) is 6.05. The molecule has 0 fully saturated rings. The molecule has 1 aliphatic heterocycles. The third-order valence-electron chi connectivity index (χ3n) is 7.62. The second-order valence-electron chi connectivity index (χ2n) is 9.64. The summed E-state index contributed by atoms with van der Waals surface area (Å²) in [7, 11) is 1.40. The standard InChI is InChI=1S/C32H29NO4/c1-20-18-26(22-12-6-4-7-13-22)27(19-33-30(34)24-16-10-11-17-25(24)31(33)35)28(21(20)2)29(32(36)37-3)23-14-8-5-9-15-23/h4-17,28-29H,18-19H2,1-3H3. The number of rotatable bonds is 6. The van der Waals surface area contributed by atoms with E-state index < -0.39 is 5.92 Å². The van der Waals surface area contributed by atoms with Crippen LogP contribution < -0.4 is 0 Å². The van der Waals surface area contributed by atoms with Gasteiger partial charge in [-0.2, -0.15) is 0 Å². The van der Waals surface area contributed by atoms with Crippen LogP contribution in [0.15, 0.2) is 102 Å². The summed E-state index contributed by atoms with van der Waals surface area (Å²) in [4.78, 5) is 41.5. The van der Waals surface area contributed by atoms with E-state index in [4.69, 9.17) is 4.74 Å². The molecular weight excluding hydrogens is 462 g/mol. The SMILES string of the molecule is COC(=O)C(c1ccccc1)C1C(C)=C(C)CC(c2ccccc2)=C1CN1C(=O)c2ccccc2C1=O. The van der Waals surface area contributed by atoms with E-state index in [2.05, 4.69) is 6.92 Å². The Morgan fingerprint density at radius 3 is 1.97 bits per heavy atom. The number of carbonyl (C=O) groups excluding carboxylic acids is 3. The molecule has 5 nitrogen and oxygen atoms in total. The molecule has 1 aliphatic carbocycles. The summed E-state index contributed by atoms with van der Waals surface area (Å²) in [6.07, 6.45) is 0.674. The van der Waals surface area contributed by atoms with Gasteiger partial charge in [-0.05, 0) is 54.7 Å². The molecule has 2 atom stereocenters. The monoisotopic (exact) mass is 491 g/mol. The number of imide groups is 1. The molecule has 5 heteroatoms. The molecule has 37 heavy (non-hydrogen) atoms. The topological polar surface area (TPSA) is 63.7 Å². The maximum absolute atomic E-state index is 13.4. The Labute approximate surface area is 217 Å². The zero-order valence-electron chi connectivity index (χ0n) is 21.2. The Morgan fingerprint density at radius 2 is 1.41 bits per heavy atom. The molecule has 186 valence electrons. The second-order valence-corrected chi connectivity index (χ2v) is 9.64. The largest absolute Gasteiger partial charge is 0.469 e. The number of nitrogens with zero attached hydrogens (tertiary/aromatic N) is 1. The highest BCUT2D eigenvalue weighted by atomic mass is 16.5. The predicted molar refractivity (Wildman–Crippen MR) is 143 cm³/mol. The molecule has 0 saturated carbocycles. The Hall–Kier alpha value is -4.25. The lowest BCUT2D eigenvalue weighted by molar-refractivity contribution is -0.143. The Bertz CT molecular complexity index is 1400. The van der Waals surface area contributed by atoms with Crippen LogP contribution in [0.4, 0.5) is 0 Å². The number of hydrogen-bond acceptors (Lipinski definition) is 4. The Balaban J connectivity index is 1.70. The second kappa shape index (κ2) is 10.0.